The molecule has 0 aliphatic carbocycles. The average molecular weight is 271 g/mol. The fourth-order valence-electron chi connectivity index (χ4n) is 0.797. The normalized spacial score (nSPS) is 11.7. The van der Waals surface area contributed by atoms with Crippen LogP contribution in [-0.2, 0) is 16.1 Å². The second-order valence-electron chi connectivity index (χ2n) is 2.86. The van der Waals surface area contributed by atoms with Crippen molar-refractivity contribution in [1.29, 1.82) is 0 Å². The SMILES string of the molecule is O=C(O)CSc1n[nH]c(COCC(F)(F)F)n1. The molecule has 0 bridgehead atoms. The van der Waals surface area contributed by atoms with E-state index >= 15 is 0 Å². The van der Waals surface area contributed by atoms with Gasteiger partial charge in [0, 0.05) is 0 Å². The van der Waals surface area contributed by atoms with Gasteiger partial charge in [-0.05, 0) is 0 Å². The van der Waals surface area contributed by atoms with Gasteiger partial charge in [-0.25, -0.2) is 4.98 Å². The molecule has 2 N–H and O–H groups in total. The Morgan fingerprint density at radius 1 is 1.53 bits per heavy atom. The topological polar surface area (TPSA) is 88.1 Å². The zero-order chi connectivity index (χ0) is 12.9. The molecule has 0 fully saturated rings. The van der Waals surface area contributed by atoms with E-state index in [1.807, 2.05) is 0 Å². The van der Waals surface area contributed by atoms with Gasteiger partial charge in [0.1, 0.15) is 13.2 Å². The van der Waals surface area contributed by atoms with Crippen molar-refractivity contribution in [2.24, 2.45) is 0 Å². The largest absolute Gasteiger partial charge is 0.481 e. The second-order valence-corrected chi connectivity index (χ2v) is 3.80. The number of hydrogen-bond acceptors (Lipinski definition) is 5. The van der Waals surface area contributed by atoms with E-state index in [0.717, 1.165) is 11.8 Å². The van der Waals surface area contributed by atoms with Crippen molar-refractivity contribution in [2.45, 2.75) is 17.9 Å². The van der Waals surface area contributed by atoms with Crippen LogP contribution in [0.5, 0.6) is 0 Å². The first-order chi connectivity index (χ1) is 7.87. The number of carboxylic acid groups (broad SMARTS) is 1. The first kappa shape index (κ1) is 13.8. The van der Waals surface area contributed by atoms with Crippen LogP contribution in [0, 0.1) is 0 Å². The van der Waals surface area contributed by atoms with Crippen LogP contribution < -0.4 is 0 Å². The van der Waals surface area contributed by atoms with Crippen LogP contribution in [0.4, 0.5) is 13.2 Å². The number of alkyl halides is 3. The third-order valence-electron chi connectivity index (χ3n) is 1.34. The second kappa shape index (κ2) is 5.87. The molecule has 0 aromatic carbocycles. The first-order valence-corrected chi connectivity index (χ1v) is 5.26. The summed E-state index contributed by atoms with van der Waals surface area (Å²) in [6.45, 7) is -1.73. The molecular formula is C7H8F3N3O3S. The van der Waals surface area contributed by atoms with Crippen LogP contribution in [0.2, 0.25) is 0 Å². The Bertz CT molecular complexity index is 382. The van der Waals surface area contributed by atoms with E-state index < -0.39 is 18.8 Å². The van der Waals surface area contributed by atoms with Crippen molar-refractivity contribution in [3.05, 3.63) is 5.82 Å². The predicted octanol–water partition coefficient (Wildman–Crippen LogP) is 1.06. The Morgan fingerprint density at radius 3 is 2.82 bits per heavy atom. The van der Waals surface area contributed by atoms with Gasteiger partial charge in [0.25, 0.3) is 0 Å². The molecule has 1 heterocycles. The number of H-pyrrole nitrogens is 1. The summed E-state index contributed by atoms with van der Waals surface area (Å²) in [4.78, 5) is 14.0. The number of carbonyl (C=O) groups is 1. The number of nitrogens with zero attached hydrogens (tertiary/aromatic N) is 2. The number of carboxylic acids is 1. The Labute approximate surface area is 97.6 Å². The molecule has 0 saturated carbocycles. The molecule has 0 unspecified atom stereocenters. The Hall–Kier alpha value is -1.29. The highest BCUT2D eigenvalue weighted by Crippen LogP contribution is 2.16. The molecular weight excluding hydrogens is 263 g/mol. The van der Waals surface area contributed by atoms with E-state index in [1.54, 1.807) is 0 Å². The number of rotatable bonds is 6. The number of aromatic nitrogens is 3. The molecule has 1 aromatic heterocycles. The van der Waals surface area contributed by atoms with Crippen LogP contribution >= 0.6 is 11.8 Å². The maximum absolute atomic E-state index is 11.7. The van der Waals surface area contributed by atoms with Crippen molar-refractivity contribution in [3.63, 3.8) is 0 Å². The summed E-state index contributed by atoms with van der Waals surface area (Å²) in [5.41, 5.74) is 0. The number of aliphatic carboxylic acids is 1. The van der Waals surface area contributed by atoms with E-state index in [4.69, 9.17) is 5.11 Å². The van der Waals surface area contributed by atoms with E-state index in [0.29, 0.717) is 0 Å². The van der Waals surface area contributed by atoms with Gasteiger partial charge in [-0.15, -0.1) is 5.10 Å². The molecule has 1 aromatic rings. The van der Waals surface area contributed by atoms with Crippen LogP contribution in [0.3, 0.4) is 0 Å². The number of halogens is 3. The van der Waals surface area contributed by atoms with Crippen molar-refractivity contribution < 1.29 is 27.8 Å². The van der Waals surface area contributed by atoms with Crippen molar-refractivity contribution in [2.75, 3.05) is 12.4 Å². The van der Waals surface area contributed by atoms with Crippen molar-refractivity contribution >= 4 is 17.7 Å². The first-order valence-electron chi connectivity index (χ1n) is 4.27. The third kappa shape index (κ3) is 6.12. The maximum atomic E-state index is 11.7. The number of aromatic amines is 1. The van der Waals surface area contributed by atoms with Crippen molar-refractivity contribution in [1.82, 2.24) is 15.2 Å². The number of nitrogens with one attached hydrogen (secondary N) is 1. The molecule has 0 aliphatic rings. The van der Waals surface area contributed by atoms with E-state index in [9.17, 15) is 18.0 Å². The van der Waals surface area contributed by atoms with Crippen LogP contribution in [0.1, 0.15) is 5.82 Å². The molecule has 17 heavy (non-hydrogen) atoms. The van der Waals surface area contributed by atoms with Crippen molar-refractivity contribution in [3.8, 4) is 0 Å². The van der Waals surface area contributed by atoms with E-state index in [-0.39, 0.29) is 23.3 Å². The fourth-order valence-corrected chi connectivity index (χ4v) is 1.33. The molecule has 6 nitrogen and oxygen atoms in total. The lowest BCUT2D eigenvalue weighted by atomic mass is 10.6. The summed E-state index contributed by atoms with van der Waals surface area (Å²) in [6, 6.07) is 0. The minimum absolute atomic E-state index is 0.113. The molecule has 0 saturated heterocycles. The molecule has 0 atom stereocenters. The summed E-state index contributed by atoms with van der Waals surface area (Å²) in [5.74, 6) is -1.14. The highest BCUT2D eigenvalue weighted by Gasteiger charge is 2.27. The minimum Gasteiger partial charge on any atom is -0.481 e. The summed E-state index contributed by atoms with van der Waals surface area (Å²) in [7, 11) is 0. The average Bonchev–Trinajstić information content (AvgIpc) is 2.61. The number of thioether (sulfide) groups is 1. The number of ether oxygens (including phenoxy) is 1. The van der Waals surface area contributed by atoms with Gasteiger partial charge < -0.3 is 9.84 Å². The lowest BCUT2D eigenvalue weighted by Gasteiger charge is -2.05. The summed E-state index contributed by atoms with van der Waals surface area (Å²) >= 11 is 0.858. The summed E-state index contributed by atoms with van der Waals surface area (Å²) < 4.78 is 39.5. The molecule has 10 heteroatoms. The molecule has 0 spiro atoms. The third-order valence-corrected chi connectivity index (χ3v) is 2.17. The van der Waals surface area contributed by atoms with Gasteiger partial charge in [0.15, 0.2) is 5.82 Å². The fraction of sp³-hybridized carbons (Fsp3) is 0.571. The molecule has 0 aliphatic heterocycles. The molecule has 96 valence electrons. The van der Waals surface area contributed by atoms with Gasteiger partial charge in [0.05, 0.1) is 5.75 Å². The quantitative estimate of drug-likeness (QED) is 0.752. The Balaban J connectivity index is 2.33. The Morgan fingerprint density at radius 2 is 2.24 bits per heavy atom. The van der Waals surface area contributed by atoms with Gasteiger partial charge in [0.2, 0.25) is 5.16 Å². The van der Waals surface area contributed by atoms with E-state index in [1.165, 1.54) is 0 Å². The highest BCUT2D eigenvalue weighted by molar-refractivity contribution is 7.99. The monoisotopic (exact) mass is 271 g/mol. The molecule has 1 rings (SSSR count). The standard InChI is InChI=1S/C7H8F3N3O3S/c8-7(9,10)3-16-1-4-11-6(13-12-4)17-2-5(14)15/h1-3H2,(H,14,15)(H,11,12,13). The van der Waals surface area contributed by atoms with E-state index in [2.05, 4.69) is 19.9 Å². The number of hydrogen-bond donors (Lipinski definition) is 2. The zero-order valence-corrected chi connectivity index (χ0v) is 9.14. The maximum Gasteiger partial charge on any atom is 0.411 e. The predicted molar refractivity (Wildman–Crippen MR) is 50.5 cm³/mol. The molecule has 0 amide bonds. The van der Waals surface area contributed by atoms with Crippen LogP contribution in [-0.4, -0.2) is 44.8 Å². The summed E-state index contributed by atoms with van der Waals surface area (Å²) in [5, 5.41) is 14.5. The smallest absolute Gasteiger partial charge is 0.411 e. The van der Waals surface area contributed by atoms with Gasteiger partial charge in [-0.2, -0.15) is 13.2 Å². The van der Waals surface area contributed by atoms with Gasteiger partial charge in [-0.1, -0.05) is 11.8 Å². The molecule has 0 radical (unpaired) electrons. The zero-order valence-electron chi connectivity index (χ0n) is 8.32. The van der Waals surface area contributed by atoms with Crippen LogP contribution in [0.25, 0.3) is 0 Å². The van der Waals surface area contributed by atoms with Gasteiger partial charge in [-0.3, -0.25) is 9.89 Å². The van der Waals surface area contributed by atoms with Gasteiger partial charge >= 0.3 is 12.1 Å². The lowest BCUT2D eigenvalue weighted by Crippen LogP contribution is -2.16. The lowest BCUT2D eigenvalue weighted by molar-refractivity contribution is -0.177. The minimum atomic E-state index is -4.39. The summed E-state index contributed by atoms with van der Waals surface area (Å²) in [6.07, 6.45) is -4.39. The Kier molecular flexibility index (Phi) is 4.75. The van der Waals surface area contributed by atoms with Crippen LogP contribution in [0.15, 0.2) is 5.16 Å². The highest BCUT2D eigenvalue weighted by atomic mass is 32.2.